The minimum atomic E-state index is -1.38. The maximum Gasteiger partial charge on any atom is 1.00 e. The van der Waals surface area contributed by atoms with Crippen molar-refractivity contribution in [1.29, 1.82) is 0 Å². The Kier molecular flexibility index (Phi) is 30.2. The Morgan fingerprint density at radius 2 is 0.946 bits per heavy atom. The predicted molar refractivity (Wildman–Crippen MR) is 255 cm³/mol. The molecule has 8 rings (SSSR count). The Labute approximate surface area is 477 Å². The van der Waals surface area contributed by atoms with E-state index in [1.807, 2.05) is 44.2 Å². The third kappa shape index (κ3) is 18.8. The molecule has 0 saturated carbocycles. The Morgan fingerprint density at radius 3 is 1.35 bits per heavy atom. The Bertz CT molecular complexity index is 2810. The zero-order valence-electron chi connectivity index (χ0n) is 41.4. The van der Waals surface area contributed by atoms with Gasteiger partial charge in [0.25, 0.3) is 0 Å². The monoisotopic (exact) mass is 1050 g/mol. The molecule has 378 valence electrons. The Morgan fingerprint density at radius 1 is 0.595 bits per heavy atom. The van der Waals surface area contributed by atoms with Crippen LogP contribution in [0.4, 0.5) is 0 Å². The fraction of sp³-hybridized carbons (Fsp3) is 0.278. The molecule has 4 aromatic rings. The van der Waals surface area contributed by atoms with E-state index in [9.17, 15) is 39.3 Å². The Hall–Kier alpha value is -5.88. The van der Waals surface area contributed by atoms with Crippen LogP contribution in [0.25, 0.3) is 0 Å². The molecule has 2 atom stereocenters. The molecule has 4 aliphatic rings. The number of carboxylic acids is 1. The fourth-order valence-corrected chi connectivity index (χ4v) is 7.71. The number of rotatable bonds is 14. The molecule has 0 heterocycles. The third-order valence-electron chi connectivity index (χ3n) is 10.7. The molecule has 0 radical (unpaired) electrons. The maximum atomic E-state index is 12.5. The van der Waals surface area contributed by atoms with Gasteiger partial charge in [0.2, 0.25) is 0 Å². The first-order valence-electron chi connectivity index (χ1n) is 22.1. The van der Waals surface area contributed by atoms with Gasteiger partial charge >= 0.3 is 71.4 Å². The van der Waals surface area contributed by atoms with Crippen molar-refractivity contribution in [2.45, 2.75) is 65.1 Å². The summed E-state index contributed by atoms with van der Waals surface area (Å²) in [6.45, 7) is 5.59. The standard InChI is InChI=1S/C26H26O5.C24H19O7.C2H6O.2CO2.ClH.2Na/c1-3-17-12-19-7-5-9-24(26(19)22(29)13-17)31-15-20(27)14-30-23-8-4-6-18-10-16(2)11-21(28)25(18)23;25-17(12-30-20-8-2-5-14-4-1-7-18(26)22(14)20)13-31-21-9-3-6-15-10-16(24(28)29)11-19(27)23(15)21;1-2-3;2*2-1-3;;;/h4-9,11,13,20,27H,3,10,12,14-15H2,1-2H3;2-3,5-9,11,17,25H,4,10,12-13H2,(H,28,29);3H,2H2,1H3;;;1H;;/q;-1;;;;;2*+1/p-1. The summed E-state index contributed by atoms with van der Waals surface area (Å²) in [6.07, 6.45) is 10.0. The van der Waals surface area contributed by atoms with Crippen LogP contribution in [-0.2, 0) is 49.7 Å². The number of carbonyl (C=O) groups excluding carboxylic acids is 9. The van der Waals surface area contributed by atoms with Gasteiger partial charge in [-0.25, -0.2) is 0 Å². The summed E-state index contributed by atoms with van der Waals surface area (Å²) < 4.78 is 22.8. The number of ether oxygens (including phenoxy) is 4. The van der Waals surface area contributed by atoms with Crippen molar-refractivity contribution < 1.29 is 142 Å². The van der Waals surface area contributed by atoms with Gasteiger partial charge in [-0.15, -0.1) is 12.4 Å². The molecule has 74 heavy (non-hydrogen) atoms. The molecule has 3 N–H and O–H groups in total. The number of ketones is 4. The summed E-state index contributed by atoms with van der Waals surface area (Å²) in [4.78, 5) is 93.0. The minimum Gasteiger partial charge on any atom is -0.545 e. The van der Waals surface area contributed by atoms with Crippen LogP contribution in [-0.4, -0.2) is 102 Å². The number of allylic oxidation sites excluding steroid dienone is 7. The van der Waals surface area contributed by atoms with Crippen LogP contribution in [0.3, 0.4) is 0 Å². The molecular formula is C54H51ClNa2O17. The fourth-order valence-electron chi connectivity index (χ4n) is 7.71. The zero-order valence-corrected chi connectivity index (χ0v) is 46.2. The van der Waals surface area contributed by atoms with Crippen molar-refractivity contribution in [2.24, 2.45) is 0 Å². The number of hydrogen-bond acceptors (Lipinski definition) is 17. The Balaban J connectivity index is 0.000000616. The first-order valence-corrected chi connectivity index (χ1v) is 22.1. The molecule has 0 saturated heterocycles. The number of aliphatic hydroxyl groups is 3. The molecule has 0 bridgehead atoms. The van der Waals surface area contributed by atoms with E-state index in [-0.39, 0.29) is 158 Å². The number of carboxylic acid groups (broad SMARTS) is 1. The maximum absolute atomic E-state index is 12.5. The van der Waals surface area contributed by atoms with Gasteiger partial charge in [-0.3, -0.25) is 20.5 Å². The van der Waals surface area contributed by atoms with Gasteiger partial charge in [-0.1, -0.05) is 78.6 Å². The summed E-state index contributed by atoms with van der Waals surface area (Å²) in [5.41, 5.74) is 7.12. The van der Waals surface area contributed by atoms with Crippen molar-refractivity contribution in [3.8, 4) is 23.0 Å². The van der Waals surface area contributed by atoms with E-state index in [0.717, 1.165) is 46.8 Å². The summed E-state index contributed by atoms with van der Waals surface area (Å²) in [5, 5.41) is 39.3. The van der Waals surface area contributed by atoms with Gasteiger partial charge in [-0.2, -0.15) is 25.3 Å². The molecule has 0 spiro atoms. The van der Waals surface area contributed by atoms with Crippen molar-refractivity contribution >= 4 is 53.8 Å². The summed E-state index contributed by atoms with van der Waals surface area (Å²) >= 11 is 0. The predicted octanol–water partition coefficient (Wildman–Crippen LogP) is -1.45. The number of carbonyl (C=O) groups is 5. The van der Waals surface area contributed by atoms with Crippen molar-refractivity contribution in [2.75, 3.05) is 33.0 Å². The van der Waals surface area contributed by atoms with Crippen LogP contribution in [0.2, 0.25) is 0 Å². The molecule has 17 nitrogen and oxygen atoms in total. The van der Waals surface area contributed by atoms with Gasteiger partial charge < -0.3 is 49.0 Å². The van der Waals surface area contributed by atoms with Crippen LogP contribution < -0.4 is 83.2 Å². The van der Waals surface area contributed by atoms with Gasteiger partial charge in [0.05, 0.1) is 22.7 Å². The average Bonchev–Trinajstić information content (AvgIpc) is 3.34. The van der Waals surface area contributed by atoms with Gasteiger partial charge in [0.1, 0.15) is 61.6 Å². The molecule has 4 aromatic carbocycles. The number of aliphatic carboxylic acids is 1. The second kappa shape index (κ2) is 33.8. The smallest absolute Gasteiger partial charge is 0.545 e. The van der Waals surface area contributed by atoms with Crippen molar-refractivity contribution in [3.05, 3.63) is 164 Å². The molecule has 2 unspecified atom stereocenters. The summed E-state index contributed by atoms with van der Waals surface area (Å²) in [5.74, 6) is -0.619. The number of aliphatic hydroxyl groups excluding tert-OH is 3. The largest absolute Gasteiger partial charge is 1.00 e. The third-order valence-corrected chi connectivity index (χ3v) is 10.7. The second-order valence-corrected chi connectivity index (χ2v) is 15.8. The van der Waals surface area contributed by atoms with Crippen LogP contribution in [0.15, 0.2) is 114 Å². The normalized spacial score (nSPS) is 13.7. The van der Waals surface area contributed by atoms with Crippen LogP contribution >= 0.6 is 12.4 Å². The number of hydrogen-bond donors (Lipinski definition) is 3. The van der Waals surface area contributed by atoms with Gasteiger partial charge in [-0.05, 0) is 103 Å². The SMILES string of the molecule is CCC1=CC(=O)c2c(cccc2OCC(O)COc2cccc3c2C(=O)C=C(C)C3)C1.CCO.Cl.O=C([O-])C1=CC(=O)c2c(cccc2OCC(O)COc2cccc3c2C(=O)C=[C-]C3)C1.O=C=O.O=C=O.[Na+].[Na+]. The number of benzene rings is 4. The van der Waals surface area contributed by atoms with Gasteiger partial charge in [0.15, 0.2) is 17.3 Å². The first-order chi connectivity index (χ1) is 34.1. The van der Waals surface area contributed by atoms with Crippen LogP contribution in [0.1, 0.15) is 90.9 Å². The van der Waals surface area contributed by atoms with Crippen LogP contribution in [0.5, 0.6) is 23.0 Å². The summed E-state index contributed by atoms with van der Waals surface area (Å²) in [7, 11) is 0. The second-order valence-electron chi connectivity index (χ2n) is 15.8. The topological polar surface area (TPSA) is 274 Å². The first kappa shape index (κ1) is 66.1. The minimum absolute atomic E-state index is 0. The van der Waals surface area contributed by atoms with E-state index in [4.69, 9.17) is 43.2 Å². The quantitative estimate of drug-likeness (QED) is 0.0962. The van der Waals surface area contributed by atoms with E-state index in [0.29, 0.717) is 52.3 Å². The molecule has 20 heteroatoms. The summed E-state index contributed by atoms with van der Waals surface area (Å²) in [6, 6.07) is 21.2. The molecule has 4 aliphatic carbocycles. The van der Waals surface area contributed by atoms with E-state index in [2.05, 4.69) is 6.08 Å². The average molecular weight is 1050 g/mol. The van der Waals surface area contributed by atoms with E-state index < -0.39 is 24.0 Å². The molecule has 0 amide bonds. The van der Waals surface area contributed by atoms with E-state index in [1.165, 1.54) is 6.08 Å². The van der Waals surface area contributed by atoms with Gasteiger partial charge in [0, 0.05) is 18.8 Å². The van der Waals surface area contributed by atoms with Crippen molar-refractivity contribution in [1.82, 2.24) is 0 Å². The molecule has 0 fully saturated rings. The zero-order chi connectivity index (χ0) is 52.0. The molecule has 0 aromatic heterocycles. The van der Waals surface area contributed by atoms with Crippen molar-refractivity contribution in [3.63, 3.8) is 0 Å². The van der Waals surface area contributed by atoms with Crippen LogP contribution in [0, 0.1) is 6.08 Å². The molecular weight excluding hydrogens is 1000 g/mol. The van der Waals surface area contributed by atoms with E-state index in [1.54, 1.807) is 61.5 Å². The number of fused-ring (bicyclic) bond motifs is 4. The molecule has 0 aliphatic heterocycles. The number of halogens is 1. The van der Waals surface area contributed by atoms with E-state index >= 15 is 0 Å².